The molecule has 6 heteroatoms. The van der Waals surface area contributed by atoms with Crippen molar-refractivity contribution in [2.75, 3.05) is 6.61 Å². The van der Waals surface area contributed by atoms with E-state index in [4.69, 9.17) is 26.3 Å². The molecule has 0 fully saturated rings. The van der Waals surface area contributed by atoms with Gasteiger partial charge in [0.2, 0.25) is 0 Å². The van der Waals surface area contributed by atoms with E-state index in [1.165, 1.54) is 6.21 Å². The predicted molar refractivity (Wildman–Crippen MR) is 90.5 cm³/mol. The fourth-order valence-corrected chi connectivity index (χ4v) is 2.66. The first-order valence-electron chi connectivity index (χ1n) is 6.65. The van der Waals surface area contributed by atoms with Gasteiger partial charge in [-0.3, -0.25) is 0 Å². The van der Waals surface area contributed by atoms with Gasteiger partial charge in [-0.05, 0) is 41.1 Å². The molecule has 0 radical (unpaired) electrons. The summed E-state index contributed by atoms with van der Waals surface area (Å²) in [6.07, 6.45) is 1.32. The van der Waals surface area contributed by atoms with Gasteiger partial charge in [-0.1, -0.05) is 35.0 Å². The first kappa shape index (κ1) is 16.6. The highest BCUT2D eigenvalue weighted by Gasteiger charge is 2.13. The fraction of sp³-hybridized carbons (Fsp3) is 0.188. The van der Waals surface area contributed by atoms with E-state index in [2.05, 4.69) is 21.1 Å². The Hall–Kier alpha value is -1.72. The van der Waals surface area contributed by atoms with Gasteiger partial charge in [-0.15, -0.1) is 0 Å². The molecule has 0 heterocycles. The Labute approximate surface area is 142 Å². The average Bonchev–Trinajstić information content (AvgIpc) is 2.49. The van der Waals surface area contributed by atoms with Crippen LogP contribution in [0.1, 0.15) is 18.1 Å². The zero-order valence-electron chi connectivity index (χ0n) is 11.9. The van der Waals surface area contributed by atoms with Crippen molar-refractivity contribution < 1.29 is 14.7 Å². The van der Waals surface area contributed by atoms with Crippen molar-refractivity contribution in [1.29, 1.82) is 0 Å². The van der Waals surface area contributed by atoms with Crippen LogP contribution in [0.4, 0.5) is 0 Å². The van der Waals surface area contributed by atoms with Crippen molar-refractivity contribution in [3.63, 3.8) is 0 Å². The molecule has 116 valence electrons. The lowest BCUT2D eigenvalue weighted by Crippen LogP contribution is -2.02. The second-order valence-corrected chi connectivity index (χ2v) is 5.65. The highest BCUT2D eigenvalue weighted by molar-refractivity contribution is 9.10. The molecule has 2 rings (SSSR count). The molecule has 0 saturated carbocycles. The number of benzene rings is 2. The Morgan fingerprint density at radius 2 is 2.05 bits per heavy atom. The van der Waals surface area contributed by atoms with Crippen LogP contribution in [-0.2, 0) is 6.61 Å². The number of ether oxygens (including phenoxy) is 2. The highest BCUT2D eigenvalue weighted by atomic mass is 79.9. The zero-order valence-corrected chi connectivity index (χ0v) is 14.3. The van der Waals surface area contributed by atoms with Crippen LogP contribution < -0.4 is 9.47 Å². The lowest BCUT2D eigenvalue weighted by Gasteiger charge is -2.15. The van der Waals surface area contributed by atoms with Crippen molar-refractivity contribution in [2.45, 2.75) is 13.5 Å². The number of oxime groups is 1. The summed E-state index contributed by atoms with van der Waals surface area (Å²) in [5, 5.41) is 12.3. The number of hydrogen-bond donors (Lipinski definition) is 1. The van der Waals surface area contributed by atoms with Crippen LogP contribution in [0.15, 0.2) is 46.0 Å². The van der Waals surface area contributed by atoms with Crippen LogP contribution >= 0.6 is 27.5 Å². The van der Waals surface area contributed by atoms with Gasteiger partial charge >= 0.3 is 0 Å². The molecule has 0 unspecified atom stereocenters. The number of rotatable bonds is 6. The quantitative estimate of drug-likeness (QED) is 0.438. The summed E-state index contributed by atoms with van der Waals surface area (Å²) in [5.41, 5.74) is 1.59. The maximum atomic E-state index is 8.65. The van der Waals surface area contributed by atoms with Crippen LogP contribution in [0.3, 0.4) is 0 Å². The molecule has 2 aromatic rings. The average molecular weight is 385 g/mol. The molecular formula is C16H15BrClNO3. The van der Waals surface area contributed by atoms with Gasteiger partial charge < -0.3 is 14.7 Å². The molecule has 0 amide bonds. The van der Waals surface area contributed by atoms with E-state index in [-0.39, 0.29) is 0 Å². The molecule has 0 bridgehead atoms. The van der Waals surface area contributed by atoms with Crippen molar-refractivity contribution in [3.8, 4) is 11.5 Å². The van der Waals surface area contributed by atoms with Crippen molar-refractivity contribution in [2.24, 2.45) is 5.16 Å². The highest BCUT2D eigenvalue weighted by Crippen LogP contribution is 2.37. The molecule has 4 nitrogen and oxygen atoms in total. The molecular weight excluding hydrogens is 370 g/mol. The summed E-state index contributed by atoms with van der Waals surface area (Å²) in [6, 6.07) is 11.0. The predicted octanol–water partition coefficient (Wildman–Crippen LogP) is 4.89. The topological polar surface area (TPSA) is 51.0 Å². The van der Waals surface area contributed by atoms with E-state index in [1.807, 2.05) is 31.2 Å². The monoisotopic (exact) mass is 383 g/mol. The molecule has 0 saturated heterocycles. The molecule has 0 atom stereocenters. The third-order valence-electron chi connectivity index (χ3n) is 2.87. The maximum Gasteiger partial charge on any atom is 0.175 e. The third-order valence-corrected chi connectivity index (χ3v) is 3.83. The smallest absolute Gasteiger partial charge is 0.175 e. The standard InChI is InChI=1S/C16H15BrClNO3/c1-2-21-15-8-11(9-19-20)7-13(17)16(15)22-10-12-5-3-4-6-14(12)18/h3-9,20H,2,10H2,1H3/b19-9+. The molecule has 2 aromatic carbocycles. The van der Waals surface area contributed by atoms with E-state index in [0.29, 0.717) is 39.8 Å². The largest absolute Gasteiger partial charge is 0.490 e. The van der Waals surface area contributed by atoms with Crippen LogP contribution in [0.2, 0.25) is 5.02 Å². The van der Waals surface area contributed by atoms with Crippen molar-refractivity contribution >= 4 is 33.7 Å². The first-order valence-corrected chi connectivity index (χ1v) is 7.82. The summed E-state index contributed by atoms with van der Waals surface area (Å²) in [5.74, 6) is 1.15. The zero-order chi connectivity index (χ0) is 15.9. The van der Waals surface area contributed by atoms with Crippen molar-refractivity contribution in [3.05, 3.63) is 57.0 Å². The minimum absolute atomic E-state index is 0.325. The van der Waals surface area contributed by atoms with Gasteiger partial charge in [0.15, 0.2) is 11.5 Å². The number of hydrogen-bond acceptors (Lipinski definition) is 4. The summed E-state index contributed by atoms with van der Waals surface area (Å²) < 4.78 is 12.2. The van der Waals surface area contributed by atoms with E-state index in [1.54, 1.807) is 12.1 Å². The molecule has 0 aliphatic rings. The Kier molecular flexibility index (Phi) is 6.10. The molecule has 0 aliphatic heterocycles. The minimum atomic E-state index is 0.325. The van der Waals surface area contributed by atoms with Gasteiger partial charge in [-0.2, -0.15) is 0 Å². The minimum Gasteiger partial charge on any atom is -0.490 e. The van der Waals surface area contributed by atoms with Crippen LogP contribution in [0.25, 0.3) is 0 Å². The Balaban J connectivity index is 2.27. The summed E-state index contributed by atoms with van der Waals surface area (Å²) in [4.78, 5) is 0. The van der Waals surface area contributed by atoms with Crippen LogP contribution in [0.5, 0.6) is 11.5 Å². The second kappa shape index (κ2) is 8.06. The second-order valence-electron chi connectivity index (χ2n) is 4.39. The fourth-order valence-electron chi connectivity index (χ4n) is 1.90. The summed E-state index contributed by atoms with van der Waals surface area (Å²) in [6.45, 7) is 2.71. The van der Waals surface area contributed by atoms with Crippen LogP contribution in [-0.4, -0.2) is 18.0 Å². The SMILES string of the molecule is CCOc1cc(/C=N/O)cc(Br)c1OCc1ccccc1Cl. The van der Waals surface area contributed by atoms with Gasteiger partial charge in [0.05, 0.1) is 17.3 Å². The van der Waals surface area contributed by atoms with Gasteiger partial charge in [-0.25, -0.2) is 0 Å². The van der Waals surface area contributed by atoms with Gasteiger partial charge in [0.25, 0.3) is 0 Å². The molecule has 1 N–H and O–H groups in total. The lowest BCUT2D eigenvalue weighted by atomic mass is 10.2. The van der Waals surface area contributed by atoms with E-state index < -0.39 is 0 Å². The molecule has 0 aliphatic carbocycles. The molecule has 0 spiro atoms. The van der Waals surface area contributed by atoms with E-state index >= 15 is 0 Å². The maximum absolute atomic E-state index is 8.65. The Bertz CT molecular complexity index is 676. The third kappa shape index (κ3) is 4.15. The van der Waals surface area contributed by atoms with Gasteiger partial charge in [0.1, 0.15) is 6.61 Å². The van der Waals surface area contributed by atoms with Crippen molar-refractivity contribution in [1.82, 2.24) is 0 Å². The summed E-state index contributed by atoms with van der Waals surface area (Å²) >= 11 is 9.58. The van der Waals surface area contributed by atoms with Crippen LogP contribution in [0, 0.1) is 0 Å². The summed E-state index contributed by atoms with van der Waals surface area (Å²) in [7, 11) is 0. The Morgan fingerprint density at radius 3 is 2.73 bits per heavy atom. The number of halogens is 2. The molecule has 0 aromatic heterocycles. The number of nitrogens with zero attached hydrogens (tertiary/aromatic N) is 1. The normalized spacial score (nSPS) is 10.9. The lowest BCUT2D eigenvalue weighted by molar-refractivity contribution is 0.267. The van der Waals surface area contributed by atoms with Gasteiger partial charge in [0, 0.05) is 16.1 Å². The van der Waals surface area contributed by atoms with E-state index in [0.717, 1.165) is 5.56 Å². The molecule has 22 heavy (non-hydrogen) atoms. The Morgan fingerprint density at radius 1 is 1.27 bits per heavy atom. The first-order chi connectivity index (χ1) is 10.7. The van der Waals surface area contributed by atoms with E-state index in [9.17, 15) is 0 Å².